The van der Waals surface area contributed by atoms with Gasteiger partial charge in [0, 0.05) is 22.4 Å². The van der Waals surface area contributed by atoms with E-state index in [2.05, 4.69) is 0 Å². The van der Waals surface area contributed by atoms with Crippen LogP contribution in [0.25, 0.3) is 10.9 Å². The molecular weight excluding hydrogens is 286 g/mol. The first-order valence-corrected chi connectivity index (χ1v) is 7.02. The lowest BCUT2D eigenvalue weighted by Crippen LogP contribution is -2.18. The Morgan fingerprint density at radius 1 is 1.10 bits per heavy atom. The third-order valence-corrected chi connectivity index (χ3v) is 3.95. The number of para-hydroxylation sites is 1. The monoisotopic (exact) mass is 299 g/mol. The molecule has 0 atom stereocenters. The zero-order valence-corrected chi connectivity index (χ0v) is 12.3. The number of pyridine rings is 1. The minimum atomic E-state index is -0.0386. The number of hydrogen-bond donors (Lipinski definition) is 1. The standard InChI is InChI=1S/C17H14ClNO2/c1-11-15(10-12-6-8-13(18)9-7-12)17(20)14-4-2-3-5-16(14)19(11)21/h2-9,21H,10H2,1H3. The van der Waals surface area contributed by atoms with E-state index in [0.29, 0.717) is 33.6 Å². The van der Waals surface area contributed by atoms with Crippen LogP contribution < -0.4 is 5.43 Å². The van der Waals surface area contributed by atoms with Crippen molar-refractivity contribution in [1.29, 1.82) is 0 Å². The van der Waals surface area contributed by atoms with E-state index in [1.807, 2.05) is 12.1 Å². The van der Waals surface area contributed by atoms with Gasteiger partial charge in [0.15, 0.2) is 5.43 Å². The van der Waals surface area contributed by atoms with Gasteiger partial charge in [-0.2, -0.15) is 4.73 Å². The average molecular weight is 300 g/mol. The van der Waals surface area contributed by atoms with E-state index in [-0.39, 0.29) is 5.43 Å². The summed E-state index contributed by atoms with van der Waals surface area (Å²) in [5, 5.41) is 11.4. The summed E-state index contributed by atoms with van der Waals surface area (Å²) in [7, 11) is 0. The number of benzene rings is 2. The second-order valence-corrected chi connectivity index (χ2v) is 5.46. The lowest BCUT2D eigenvalue weighted by Gasteiger charge is -2.12. The molecule has 1 aromatic heterocycles. The quantitative estimate of drug-likeness (QED) is 0.732. The van der Waals surface area contributed by atoms with Gasteiger partial charge in [0.25, 0.3) is 0 Å². The third-order valence-electron chi connectivity index (χ3n) is 3.70. The summed E-state index contributed by atoms with van der Waals surface area (Å²) in [6.07, 6.45) is 0.466. The summed E-state index contributed by atoms with van der Waals surface area (Å²) >= 11 is 5.87. The molecule has 3 aromatic rings. The van der Waals surface area contributed by atoms with Gasteiger partial charge >= 0.3 is 0 Å². The smallest absolute Gasteiger partial charge is 0.193 e. The molecule has 0 saturated carbocycles. The Labute approximate surface area is 127 Å². The molecule has 0 radical (unpaired) electrons. The summed E-state index contributed by atoms with van der Waals surface area (Å²) in [6.45, 7) is 1.75. The Morgan fingerprint density at radius 3 is 2.48 bits per heavy atom. The van der Waals surface area contributed by atoms with Crippen LogP contribution in [-0.2, 0) is 6.42 Å². The number of halogens is 1. The predicted octanol–water partition coefficient (Wildman–Crippen LogP) is 3.79. The fourth-order valence-electron chi connectivity index (χ4n) is 2.50. The highest BCUT2D eigenvalue weighted by molar-refractivity contribution is 6.30. The van der Waals surface area contributed by atoms with Crippen LogP contribution in [0.5, 0.6) is 0 Å². The molecule has 0 saturated heterocycles. The normalized spacial score (nSPS) is 11.0. The molecule has 1 N–H and O–H groups in total. The molecule has 0 fully saturated rings. The van der Waals surface area contributed by atoms with Gasteiger partial charge in [-0.05, 0) is 36.8 Å². The van der Waals surface area contributed by atoms with Gasteiger partial charge in [-0.25, -0.2) is 0 Å². The Kier molecular flexibility index (Phi) is 3.43. The molecule has 0 spiro atoms. The van der Waals surface area contributed by atoms with Crippen LogP contribution in [0.1, 0.15) is 16.8 Å². The molecule has 0 aliphatic rings. The maximum absolute atomic E-state index is 12.6. The second kappa shape index (κ2) is 5.26. The average Bonchev–Trinajstić information content (AvgIpc) is 2.51. The largest absolute Gasteiger partial charge is 0.428 e. The third kappa shape index (κ3) is 2.41. The van der Waals surface area contributed by atoms with Crippen LogP contribution >= 0.6 is 11.6 Å². The Balaban J connectivity index is 2.18. The number of fused-ring (bicyclic) bond motifs is 1. The number of aromatic nitrogens is 1. The second-order valence-electron chi connectivity index (χ2n) is 5.03. The number of rotatable bonds is 2. The molecule has 106 valence electrons. The highest BCUT2D eigenvalue weighted by Gasteiger charge is 2.13. The first kappa shape index (κ1) is 13.7. The van der Waals surface area contributed by atoms with Gasteiger partial charge in [0.2, 0.25) is 0 Å². The molecular formula is C17H14ClNO2. The lowest BCUT2D eigenvalue weighted by molar-refractivity contribution is 0.190. The molecule has 1 heterocycles. The van der Waals surface area contributed by atoms with Crippen LogP contribution in [0.2, 0.25) is 5.02 Å². The maximum Gasteiger partial charge on any atom is 0.193 e. The zero-order valence-electron chi connectivity index (χ0n) is 11.5. The highest BCUT2D eigenvalue weighted by atomic mass is 35.5. The Hall–Kier alpha value is -2.26. The lowest BCUT2D eigenvalue weighted by atomic mass is 10.0. The van der Waals surface area contributed by atoms with E-state index in [1.54, 1.807) is 43.3 Å². The summed E-state index contributed by atoms with van der Waals surface area (Å²) < 4.78 is 1.09. The van der Waals surface area contributed by atoms with Crippen LogP contribution in [0.15, 0.2) is 53.3 Å². The van der Waals surface area contributed by atoms with Gasteiger partial charge in [0.05, 0.1) is 11.2 Å². The van der Waals surface area contributed by atoms with Crippen LogP contribution in [0.4, 0.5) is 0 Å². The first-order valence-electron chi connectivity index (χ1n) is 6.65. The summed E-state index contributed by atoms with van der Waals surface area (Å²) in [5.41, 5.74) is 2.63. The van der Waals surface area contributed by atoms with Crippen molar-refractivity contribution in [3.8, 4) is 0 Å². The van der Waals surface area contributed by atoms with E-state index in [1.165, 1.54) is 0 Å². The van der Waals surface area contributed by atoms with E-state index < -0.39 is 0 Å². The maximum atomic E-state index is 12.6. The van der Waals surface area contributed by atoms with Gasteiger partial charge in [-0.1, -0.05) is 35.9 Å². The molecule has 2 aromatic carbocycles. The van der Waals surface area contributed by atoms with Crippen LogP contribution in [-0.4, -0.2) is 9.94 Å². The highest BCUT2D eigenvalue weighted by Crippen LogP contribution is 2.18. The summed E-state index contributed by atoms with van der Waals surface area (Å²) in [6, 6.07) is 14.4. The van der Waals surface area contributed by atoms with Crippen LogP contribution in [0, 0.1) is 6.92 Å². The van der Waals surface area contributed by atoms with Gasteiger partial charge in [0.1, 0.15) is 0 Å². The molecule has 0 amide bonds. The fraction of sp³-hybridized carbons (Fsp3) is 0.118. The van der Waals surface area contributed by atoms with Crippen molar-refractivity contribution in [2.45, 2.75) is 13.3 Å². The molecule has 4 heteroatoms. The molecule has 3 rings (SSSR count). The van der Waals surface area contributed by atoms with E-state index in [9.17, 15) is 10.0 Å². The van der Waals surface area contributed by atoms with Crippen molar-refractivity contribution < 1.29 is 5.21 Å². The van der Waals surface area contributed by atoms with E-state index in [4.69, 9.17) is 11.6 Å². The predicted molar refractivity (Wildman–Crippen MR) is 84.4 cm³/mol. The molecule has 21 heavy (non-hydrogen) atoms. The van der Waals surface area contributed by atoms with E-state index in [0.717, 1.165) is 10.3 Å². The molecule has 0 bridgehead atoms. The number of nitrogens with zero attached hydrogens (tertiary/aromatic N) is 1. The molecule has 3 nitrogen and oxygen atoms in total. The Bertz CT molecular complexity index is 866. The molecule has 0 unspecified atom stereocenters. The van der Waals surface area contributed by atoms with Crippen LogP contribution in [0.3, 0.4) is 0 Å². The Morgan fingerprint density at radius 2 is 1.76 bits per heavy atom. The van der Waals surface area contributed by atoms with Gasteiger partial charge in [-0.15, -0.1) is 0 Å². The van der Waals surface area contributed by atoms with Gasteiger partial charge in [-0.3, -0.25) is 4.79 Å². The van der Waals surface area contributed by atoms with E-state index >= 15 is 0 Å². The summed E-state index contributed by atoms with van der Waals surface area (Å²) in [4.78, 5) is 12.6. The number of hydrogen-bond acceptors (Lipinski definition) is 2. The first-order chi connectivity index (χ1) is 10.1. The minimum Gasteiger partial charge on any atom is -0.428 e. The minimum absolute atomic E-state index is 0.0386. The zero-order chi connectivity index (χ0) is 15.0. The van der Waals surface area contributed by atoms with Crippen molar-refractivity contribution in [2.24, 2.45) is 0 Å². The fourth-order valence-corrected chi connectivity index (χ4v) is 2.63. The summed E-state index contributed by atoms with van der Waals surface area (Å²) in [5.74, 6) is 0. The van der Waals surface area contributed by atoms with Crippen molar-refractivity contribution in [3.63, 3.8) is 0 Å². The van der Waals surface area contributed by atoms with Crippen molar-refractivity contribution in [2.75, 3.05) is 0 Å². The van der Waals surface area contributed by atoms with Crippen molar-refractivity contribution in [1.82, 2.24) is 4.73 Å². The molecule has 0 aliphatic carbocycles. The topological polar surface area (TPSA) is 42.2 Å². The van der Waals surface area contributed by atoms with Gasteiger partial charge < -0.3 is 5.21 Å². The van der Waals surface area contributed by atoms with Crippen molar-refractivity contribution in [3.05, 3.63) is 80.6 Å². The molecule has 0 aliphatic heterocycles. The SMILES string of the molecule is Cc1c(Cc2ccc(Cl)cc2)c(=O)c2ccccc2n1O. The van der Waals surface area contributed by atoms with Crippen molar-refractivity contribution >= 4 is 22.5 Å².